The molecule has 2 heterocycles. The molecule has 1 aliphatic rings. The number of hydrogen-bond donors (Lipinski definition) is 3. The summed E-state index contributed by atoms with van der Waals surface area (Å²) in [5.74, 6) is -2.28. The van der Waals surface area contributed by atoms with Gasteiger partial charge in [-0.3, -0.25) is 9.59 Å². The molecule has 2 unspecified atom stereocenters. The van der Waals surface area contributed by atoms with Crippen LogP contribution in [0.25, 0.3) is 0 Å². The lowest BCUT2D eigenvalue weighted by Gasteiger charge is -2.20. The Kier molecular flexibility index (Phi) is 6.53. The Hall–Kier alpha value is -2.17. The van der Waals surface area contributed by atoms with Crippen molar-refractivity contribution in [3.8, 4) is 0 Å². The molecule has 0 radical (unpaired) electrons. The molecule has 1 amide bonds. The molecule has 0 fully saturated rings. The van der Waals surface area contributed by atoms with Crippen LogP contribution in [0.2, 0.25) is 0 Å². The molecule has 3 N–H and O–H groups in total. The fraction of sp³-hybridized carbons (Fsp3) is 0.357. The summed E-state index contributed by atoms with van der Waals surface area (Å²) in [5.41, 5.74) is 0.0926. The monoisotopic (exact) mass is 352 g/mol. The van der Waals surface area contributed by atoms with Crippen LogP contribution in [0.1, 0.15) is 17.7 Å². The zero-order valence-corrected chi connectivity index (χ0v) is 13.7. The van der Waals surface area contributed by atoms with Gasteiger partial charge in [-0.05, 0) is 17.9 Å². The number of carboxylic acids is 1. The molecule has 0 aromatic carbocycles. The van der Waals surface area contributed by atoms with E-state index in [1.165, 1.54) is 18.4 Å². The molecule has 2 atom stereocenters. The van der Waals surface area contributed by atoms with Crippen molar-refractivity contribution in [3.63, 3.8) is 0 Å². The Morgan fingerprint density at radius 1 is 1.58 bits per heavy atom. The predicted molar refractivity (Wildman–Crippen MR) is 88.7 cm³/mol. The van der Waals surface area contributed by atoms with E-state index in [0.29, 0.717) is 11.3 Å². The zero-order valence-electron chi connectivity index (χ0n) is 12.9. The van der Waals surface area contributed by atoms with Crippen molar-refractivity contribution in [3.05, 3.63) is 34.5 Å². The number of carbonyl (C=O) groups excluding carboxylic acids is 1. The van der Waals surface area contributed by atoms with Gasteiger partial charge in [0.25, 0.3) is 5.91 Å². The Morgan fingerprint density at radius 3 is 3.00 bits per heavy atom. The highest BCUT2D eigenvalue weighted by molar-refractivity contribution is 7.13. The standard InChI is InChI=1S/C14H17BN2O6S/c1-22-17-13(10-5-3-7-24-10)14(20)16-11-6-2-4-9(8-12(18)19)23-15(11)21/h2-5,7,9,11,21H,6,8H2,1H3,(H,16,20)(H,18,19). The average molecular weight is 352 g/mol. The summed E-state index contributed by atoms with van der Waals surface area (Å²) in [6, 6.07) is 3.51. The van der Waals surface area contributed by atoms with Crippen LogP contribution < -0.4 is 5.32 Å². The highest BCUT2D eigenvalue weighted by atomic mass is 32.1. The van der Waals surface area contributed by atoms with Crippen LogP contribution in [0.3, 0.4) is 0 Å². The summed E-state index contributed by atoms with van der Waals surface area (Å²) in [5, 5.41) is 27.1. The number of oxime groups is 1. The smallest absolute Gasteiger partial charge is 0.478 e. The quantitative estimate of drug-likeness (QED) is 0.296. The van der Waals surface area contributed by atoms with Crippen LogP contribution in [-0.2, 0) is 19.1 Å². The minimum atomic E-state index is -1.33. The second kappa shape index (κ2) is 8.62. The Bertz CT molecular complexity index is 633. The molecule has 0 aliphatic carbocycles. The van der Waals surface area contributed by atoms with Crippen LogP contribution in [0.15, 0.2) is 34.8 Å². The minimum absolute atomic E-state index is 0.0926. The molecule has 8 nitrogen and oxygen atoms in total. The van der Waals surface area contributed by atoms with E-state index in [1.54, 1.807) is 29.7 Å². The molecule has 0 saturated carbocycles. The Labute approximate surface area is 142 Å². The summed E-state index contributed by atoms with van der Waals surface area (Å²) in [4.78, 5) is 28.5. The topological polar surface area (TPSA) is 117 Å². The van der Waals surface area contributed by atoms with E-state index in [1.807, 2.05) is 0 Å². The Morgan fingerprint density at radius 2 is 2.38 bits per heavy atom. The molecule has 2 rings (SSSR count). The van der Waals surface area contributed by atoms with Gasteiger partial charge in [-0.25, -0.2) is 0 Å². The van der Waals surface area contributed by atoms with E-state index in [4.69, 9.17) is 14.6 Å². The number of carboxylic acid groups (broad SMARTS) is 1. The second-order valence-corrected chi connectivity index (χ2v) is 5.95. The van der Waals surface area contributed by atoms with Gasteiger partial charge in [-0.1, -0.05) is 23.4 Å². The van der Waals surface area contributed by atoms with Crippen LogP contribution >= 0.6 is 11.3 Å². The third-order valence-corrected chi connectivity index (χ3v) is 4.12. The molecular weight excluding hydrogens is 335 g/mol. The fourth-order valence-electron chi connectivity index (χ4n) is 2.17. The predicted octanol–water partition coefficient (Wildman–Crippen LogP) is 0.423. The molecule has 0 spiro atoms. The first-order valence-corrected chi connectivity index (χ1v) is 8.07. The van der Waals surface area contributed by atoms with Crippen molar-refractivity contribution in [1.29, 1.82) is 0 Å². The number of thiophene rings is 1. The number of amides is 1. The molecule has 0 saturated heterocycles. The van der Waals surface area contributed by atoms with E-state index in [9.17, 15) is 14.6 Å². The summed E-state index contributed by atoms with van der Waals surface area (Å²) >= 11 is 1.33. The van der Waals surface area contributed by atoms with Crippen molar-refractivity contribution >= 4 is 36.0 Å². The lowest BCUT2D eigenvalue weighted by molar-refractivity contribution is -0.138. The summed E-state index contributed by atoms with van der Waals surface area (Å²) in [6.45, 7) is 0. The van der Waals surface area contributed by atoms with Gasteiger partial charge in [0.05, 0.1) is 23.3 Å². The first kappa shape index (κ1) is 18.2. The lowest BCUT2D eigenvalue weighted by Crippen LogP contribution is -2.50. The molecule has 1 aliphatic heterocycles. The number of aliphatic carboxylic acids is 1. The van der Waals surface area contributed by atoms with Crippen molar-refractivity contribution < 1.29 is 29.2 Å². The molecule has 10 heteroatoms. The number of nitrogens with one attached hydrogen (secondary N) is 1. The van der Waals surface area contributed by atoms with Crippen molar-refractivity contribution in [2.24, 2.45) is 5.16 Å². The first-order valence-electron chi connectivity index (χ1n) is 7.19. The van der Waals surface area contributed by atoms with E-state index in [2.05, 4.69) is 10.5 Å². The van der Waals surface area contributed by atoms with Gasteiger partial charge >= 0.3 is 13.1 Å². The molecule has 128 valence electrons. The number of rotatable bonds is 6. The fourth-order valence-corrected chi connectivity index (χ4v) is 2.87. The van der Waals surface area contributed by atoms with Gasteiger partial charge in [0.15, 0.2) is 5.71 Å². The first-order chi connectivity index (χ1) is 11.5. The Balaban J connectivity index is 2.04. The average Bonchev–Trinajstić information content (AvgIpc) is 2.98. The maximum Gasteiger partial charge on any atom is 0.478 e. The molecule has 0 bridgehead atoms. The summed E-state index contributed by atoms with van der Waals surface area (Å²) in [6.07, 6.45) is 2.52. The normalized spacial score (nSPS) is 21.2. The van der Waals surface area contributed by atoms with Crippen LogP contribution in [0.4, 0.5) is 0 Å². The third-order valence-electron chi connectivity index (χ3n) is 3.24. The van der Waals surface area contributed by atoms with Gasteiger partial charge in [-0.2, -0.15) is 0 Å². The maximum absolute atomic E-state index is 12.4. The summed E-state index contributed by atoms with van der Waals surface area (Å²) < 4.78 is 5.27. The van der Waals surface area contributed by atoms with Crippen molar-refractivity contribution in [2.45, 2.75) is 24.9 Å². The van der Waals surface area contributed by atoms with E-state index >= 15 is 0 Å². The van der Waals surface area contributed by atoms with Gasteiger partial charge in [0.2, 0.25) is 0 Å². The van der Waals surface area contributed by atoms with Crippen molar-refractivity contribution in [1.82, 2.24) is 5.32 Å². The lowest BCUT2D eigenvalue weighted by atomic mass is 9.77. The number of carbonyl (C=O) groups is 2. The molecular formula is C14H17BN2O6S. The van der Waals surface area contributed by atoms with Crippen LogP contribution in [-0.4, -0.2) is 54.0 Å². The van der Waals surface area contributed by atoms with Gasteiger partial charge in [-0.15, -0.1) is 11.3 Å². The highest BCUT2D eigenvalue weighted by Crippen LogP contribution is 2.14. The van der Waals surface area contributed by atoms with Gasteiger partial charge < -0.3 is 24.9 Å². The molecule has 1 aromatic rings. The van der Waals surface area contributed by atoms with Gasteiger partial charge in [0, 0.05) is 0 Å². The maximum atomic E-state index is 12.4. The molecule has 1 aromatic heterocycles. The van der Waals surface area contributed by atoms with Crippen molar-refractivity contribution in [2.75, 3.05) is 7.11 Å². The van der Waals surface area contributed by atoms with E-state index in [-0.39, 0.29) is 12.1 Å². The third kappa shape index (κ3) is 4.92. The van der Waals surface area contributed by atoms with Crippen LogP contribution in [0.5, 0.6) is 0 Å². The number of hydrogen-bond acceptors (Lipinski definition) is 7. The SMILES string of the molecule is CON=C(C(=O)NC1CC=CC(CC(=O)O)OB1O)c1cccs1. The zero-order chi connectivity index (χ0) is 17.5. The minimum Gasteiger partial charge on any atom is -0.481 e. The highest BCUT2D eigenvalue weighted by Gasteiger charge is 2.33. The summed E-state index contributed by atoms with van der Waals surface area (Å²) in [7, 11) is 0.00410. The second-order valence-electron chi connectivity index (χ2n) is 5.01. The van der Waals surface area contributed by atoms with Crippen LogP contribution in [0, 0.1) is 0 Å². The van der Waals surface area contributed by atoms with Gasteiger partial charge in [0.1, 0.15) is 7.11 Å². The van der Waals surface area contributed by atoms with E-state index in [0.717, 1.165) is 0 Å². The largest absolute Gasteiger partial charge is 0.481 e. The number of nitrogens with zero attached hydrogens (tertiary/aromatic N) is 1. The molecule has 24 heavy (non-hydrogen) atoms. The van der Waals surface area contributed by atoms with E-state index < -0.39 is 31.0 Å².